The van der Waals surface area contributed by atoms with Crippen LogP contribution in [0.15, 0.2) is 6.07 Å². The van der Waals surface area contributed by atoms with Crippen molar-refractivity contribution in [1.82, 2.24) is 10.2 Å². The number of anilines is 1. The molecule has 0 radical (unpaired) electrons. The average molecular weight is 167 g/mol. The topological polar surface area (TPSA) is 54.7 Å². The van der Waals surface area contributed by atoms with E-state index in [0.29, 0.717) is 17.7 Å². The standard InChI is InChI=1S/C9H17N3/c1-6(2)4-7(3)8-5-9(10)12-11-8/h5-7H,4H2,1-3H3,(H3,10,11,12). The zero-order chi connectivity index (χ0) is 9.14. The highest BCUT2D eigenvalue weighted by atomic mass is 15.2. The molecule has 0 aliphatic rings. The molecule has 1 aromatic rings. The highest BCUT2D eigenvalue weighted by molar-refractivity contribution is 5.29. The highest BCUT2D eigenvalue weighted by Gasteiger charge is 2.09. The smallest absolute Gasteiger partial charge is 0.145 e. The summed E-state index contributed by atoms with van der Waals surface area (Å²) >= 11 is 0. The Kier molecular flexibility index (Phi) is 2.74. The van der Waals surface area contributed by atoms with Gasteiger partial charge in [-0.25, -0.2) is 0 Å². The van der Waals surface area contributed by atoms with Crippen molar-refractivity contribution in [3.63, 3.8) is 0 Å². The Hall–Kier alpha value is -0.990. The van der Waals surface area contributed by atoms with Gasteiger partial charge in [-0.2, -0.15) is 5.10 Å². The number of H-pyrrole nitrogens is 1. The molecule has 1 aromatic heterocycles. The van der Waals surface area contributed by atoms with Crippen LogP contribution in [0, 0.1) is 5.92 Å². The minimum Gasteiger partial charge on any atom is -0.382 e. The number of nitrogens with one attached hydrogen (secondary N) is 1. The van der Waals surface area contributed by atoms with Crippen LogP contribution in [0.2, 0.25) is 0 Å². The van der Waals surface area contributed by atoms with Gasteiger partial charge in [0.15, 0.2) is 0 Å². The van der Waals surface area contributed by atoms with Gasteiger partial charge >= 0.3 is 0 Å². The molecule has 1 heterocycles. The summed E-state index contributed by atoms with van der Waals surface area (Å²) in [7, 11) is 0. The summed E-state index contributed by atoms with van der Waals surface area (Å²) in [5.74, 6) is 1.82. The van der Waals surface area contributed by atoms with Gasteiger partial charge < -0.3 is 5.73 Å². The van der Waals surface area contributed by atoms with Crippen molar-refractivity contribution in [2.45, 2.75) is 33.1 Å². The molecular weight excluding hydrogens is 150 g/mol. The first-order valence-electron chi connectivity index (χ1n) is 4.40. The van der Waals surface area contributed by atoms with Crippen LogP contribution in [0.4, 0.5) is 5.82 Å². The summed E-state index contributed by atoms with van der Waals surface area (Å²) in [5.41, 5.74) is 6.64. The number of nitrogens with two attached hydrogens (primary N) is 1. The quantitative estimate of drug-likeness (QED) is 0.724. The van der Waals surface area contributed by atoms with E-state index < -0.39 is 0 Å². The van der Waals surface area contributed by atoms with Crippen molar-refractivity contribution >= 4 is 5.82 Å². The summed E-state index contributed by atoms with van der Waals surface area (Å²) in [6.07, 6.45) is 1.17. The molecule has 3 heteroatoms. The predicted molar refractivity (Wildman–Crippen MR) is 50.9 cm³/mol. The number of aromatic amines is 1. The first-order valence-corrected chi connectivity index (χ1v) is 4.40. The van der Waals surface area contributed by atoms with E-state index in [2.05, 4.69) is 31.0 Å². The Balaban J connectivity index is 2.58. The van der Waals surface area contributed by atoms with Crippen molar-refractivity contribution in [2.75, 3.05) is 5.73 Å². The normalized spacial score (nSPS) is 13.7. The van der Waals surface area contributed by atoms with Crippen LogP contribution < -0.4 is 5.73 Å². The molecular formula is C9H17N3. The van der Waals surface area contributed by atoms with Gasteiger partial charge in [-0.15, -0.1) is 0 Å². The van der Waals surface area contributed by atoms with Gasteiger partial charge in [0.25, 0.3) is 0 Å². The summed E-state index contributed by atoms with van der Waals surface area (Å²) in [6.45, 7) is 6.62. The molecule has 3 nitrogen and oxygen atoms in total. The van der Waals surface area contributed by atoms with Crippen LogP contribution in [-0.2, 0) is 0 Å². The summed E-state index contributed by atoms with van der Waals surface area (Å²) in [6, 6.07) is 1.91. The molecule has 0 saturated heterocycles. The van der Waals surface area contributed by atoms with E-state index in [1.807, 2.05) is 6.07 Å². The fourth-order valence-corrected chi connectivity index (χ4v) is 1.44. The van der Waals surface area contributed by atoms with Crippen molar-refractivity contribution in [1.29, 1.82) is 0 Å². The Morgan fingerprint density at radius 3 is 2.58 bits per heavy atom. The van der Waals surface area contributed by atoms with Crippen LogP contribution in [0.1, 0.15) is 38.8 Å². The zero-order valence-corrected chi connectivity index (χ0v) is 7.96. The van der Waals surface area contributed by atoms with Crippen LogP contribution in [0.25, 0.3) is 0 Å². The van der Waals surface area contributed by atoms with E-state index in [4.69, 9.17) is 5.73 Å². The Morgan fingerprint density at radius 2 is 2.17 bits per heavy atom. The second-order valence-corrected chi connectivity index (χ2v) is 3.78. The monoisotopic (exact) mass is 167 g/mol. The third-order valence-corrected chi connectivity index (χ3v) is 1.97. The summed E-state index contributed by atoms with van der Waals surface area (Å²) in [4.78, 5) is 0. The van der Waals surface area contributed by atoms with Crippen molar-refractivity contribution in [3.05, 3.63) is 11.8 Å². The second kappa shape index (κ2) is 3.61. The maximum absolute atomic E-state index is 5.50. The lowest BCUT2D eigenvalue weighted by Crippen LogP contribution is -1.98. The molecule has 0 aliphatic carbocycles. The predicted octanol–water partition coefficient (Wildman–Crippen LogP) is 2.14. The summed E-state index contributed by atoms with van der Waals surface area (Å²) in [5, 5.41) is 6.83. The number of hydrogen-bond acceptors (Lipinski definition) is 2. The maximum atomic E-state index is 5.50. The van der Waals surface area contributed by atoms with Crippen LogP contribution in [0.5, 0.6) is 0 Å². The largest absolute Gasteiger partial charge is 0.382 e. The first kappa shape index (κ1) is 9.10. The molecule has 0 spiro atoms. The fraction of sp³-hybridized carbons (Fsp3) is 0.667. The molecule has 1 rings (SSSR count). The first-order chi connectivity index (χ1) is 5.59. The maximum Gasteiger partial charge on any atom is 0.145 e. The van der Waals surface area contributed by atoms with E-state index in [-0.39, 0.29) is 0 Å². The number of hydrogen-bond donors (Lipinski definition) is 2. The third-order valence-electron chi connectivity index (χ3n) is 1.97. The van der Waals surface area contributed by atoms with Gasteiger partial charge in [0.2, 0.25) is 0 Å². The van der Waals surface area contributed by atoms with Gasteiger partial charge in [0.1, 0.15) is 5.82 Å². The van der Waals surface area contributed by atoms with Gasteiger partial charge in [-0.1, -0.05) is 20.8 Å². The number of nitrogens with zero attached hydrogens (tertiary/aromatic N) is 1. The average Bonchev–Trinajstić information content (AvgIpc) is 2.34. The molecule has 0 aliphatic heterocycles. The fourth-order valence-electron chi connectivity index (χ4n) is 1.44. The van der Waals surface area contributed by atoms with Crippen LogP contribution >= 0.6 is 0 Å². The van der Waals surface area contributed by atoms with Gasteiger partial charge in [-0.05, 0) is 18.3 Å². The highest BCUT2D eigenvalue weighted by Crippen LogP contribution is 2.21. The molecule has 12 heavy (non-hydrogen) atoms. The van der Waals surface area contributed by atoms with Gasteiger partial charge in [0.05, 0.1) is 0 Å². The van der Waals surface area contributed by atoms with Crippen molar-refractivity contribution < 1.29 is 0 Å². The van der Waals surface area contributed by atoms with E-state index in [1.54, 1.807) is 0 Å². The third kappa shape index (κ3) is 2.26. The molecule has 0 bridgehead atoms. The molecule has 1 atom stereocenters. The lowest BCUT2D eigenvalue weighted by atomic mass is 9.96. The van der Waals surface area contributed by atoms with E-state index >= 15 is 0 Å². The lowest BCUT2D eigenvalue weighted by molar-refractivity contribution is 0.515. The SMILES string of the molecule is CC(C)CC(C)c1cc(N)n[nH]1. The van der Waals surface area contributed by atoms with Crippen LogP contribution in [-0.4, -0.2) is 10.2 Å². The minimum absolute atomic E-state index is 0.523. The number of nitrogen functional groups attached to an aromatic ring is 1. The van der Waals surface area contributed by atoms with Gasteiger partial charge in [0, 0.05) is 11.8 Å². The van der Waals surface area contributed by atoms with Crippen molar-refractivity contribution in [2.24, 2.45) is 5.92 Å². The molecule has 0 saturated carbocycles. The molecule has 3 N–H and O–H groups in total. The van der Waals surface area contributed by atoms with E-state index in [0.717, 1.165) is 5.69 Å². The molecule has 0 fully saturated rings. The van der Waals surface area contributed by atoms with Crippen LogP contribution in [0.3, 0.4) is 0 Å². The minimum atomic E-state index is 0.523. The lowest BCUT2D eigenvalue weighted by Gasteiger charge is -2.10. The van der Waals surface area contributed by atoms with E-state index in [1.165, 1.54) is 6.42 Å². The Morgan fingerprint density at radius 1 is 1.50 bits per heavy atom. The summed E-state index contributed by atoms with van der Waals surface area (Å²) < 4.78 is 0. The van der Waals surface area contributed by atoms with E-state index in [9.17, 15) is 0 Å². The number of aromatic nitrogens is 2. The Labute approximate surface area is 73.4 Å². The zero-order valence-electron chi connectivity index (χ0n) is 7.96. The Bertz CT molecular complexity index is 240. The molecule has 0 aromatic carbocycles. The molecule has 1 unspecified atom stereocenters. The molecule has 68 valence electrons. The molecule has 0 amide bonds. The number of rotatable bonds is 3. The van der Waals surface area contributed by atoms with Crippen molar-refractivity contribution in [3.8, 4) is 0 Å². The van der Waals surface area contributed by atoms with Gasteiger partial charge in [-0.3, -0.25) is 5.10 Å². The second-order valence-electron chi connectivity index (χ2n) is 3.78.